The van der Waals surface area contributed by atoms with E-state index in [-0.39, 0.29) is 18.0 Å². The summed E-state index contributed by atoms with van der Waals surface area (Å²) in [5.41, 5.74) is 6.64. The third-order valence-electron chi connectivity index (χ3n) is 3.23. The first-order valence-corrected chi connectivity index (χ1v) is 8.19. The van der Waals surface area contributed by atoms with Crippen molar-refractivity contribution >= 4 is 23.3 Å². The Morgan fingerprint density at radius 2 is 1.61 bits per heavy atom. The lowest BCUT2D eigenvalue weighted by atomic mass is 10.1. The Bertz CT molecular complexity index is 503. The molecule has 1 aromatic rings. The summed E-state index contributed by atoms with van der Waals surface area (Å²) in [6, 6.07) is 6.93. The number of amides is 3. The number of benzene rings is 1. The molecule has 0 saturated heterocycles. The maximum atomic E-state index is 12.0. The van der Waals surface area contributed by atoms with Crippen molar-refractivity contribution in [1.82, 2.24) is 5.32 Å². The van der Waals surface area contributed by atoms with E-state index in [0.29, 0.717) is 24.3 Å². The fourth-order valence-corrected chi connectivity index (χ4v) is 2.12. The normalized spacial score (nSPS) is 10.4. The maximum Gasteiger partial charge on any atom is 0.319 e. The largest absolute Gasteiger partial charge is 0.336 e. The highest BCUT2D eigenvalue weighted by atomic mass is 16.2. The first-order valence-electron chi connectivity index (χ1n) is 8.19. The zero-order chi connectivity index (χ0) is 17.1. The summed E-state index contributed by atoms with van der Waals surface area (Å²) in [5.74, 6) is -0.0451. The number of unbranched alkanes of at least 4 members (excludes halogenated alkanes) is 3. The van der Waals surface area contributed by atoms with Gasteiger partial charge in [0.1, 0.15) is 0 Å². The van der Waals surface area contributed by atoms with Gasteiger partial charge in [0, 0.05) is 12.5 Å². The molecule has 6 heteroatoms. The van der Waals surface area contributed by atoms with Crippen molar-refractivity contribution in [3.63, 3.8) is 0 Å². The Hall–Kier alpha value is -2.08. The molecular weight excluding hydrogens is 292 g/mol. The molecule has 0 radical (unpaired) electrons. The summed E-state index contributed by atoms with van der Waals surface area (Å²) >= 11 is 0. The van der Waals surface area contributed by atoms with Crippen molar-refractivity contribution in [2.45, 2.75) is 52.0 Å². The van der Waals surface area contributed by atoms with Crippen LogP contribution in [0.3, 0.4) is 0 Å². The van der Waals surface area contributed by atoms with Gasteiger partial charge in [0.2, 0.25) is 5.91 Å². The Balaban J connectivity index is 2.49. The molecule has 1 rings (SSSR count). The van der Waals surface area contributed by atoms with Crippen LogP contribution in [0.1, 0.15) is 46.0 Å². The molecule has 0 aliphatic rings. The van der Waals surface area contributed by atoms with E-state index >= 15 is 0 Å². The van der Waals surface area contributed by atoms with Gasteiger partial charge in [0.05, 0.1) is 11.4 Å². The van der Waals surface area contributed by atoms with Crippen LogP contribution in [-0.4, -0.2) is 24.5 Å². The average molecular weight is 320 g/mol. The number of anilines is 2. The van der Waals surface area contributed by atoms with Crippen LogP contribution in [0.25, 0.3) is 0 Å². The van der Waals surface area contributed by atoms with Gasteiger partial charge in [-0.05, 0) is 45.4 Å². The highest BCUT2D eigenvalue weighted by molar-refractivity contribution is 5.99. The van der Waals surface area contributed by atoms with E-state index in [1.807, 2.05) is 26.0 Å². The molecule has 23 heavy (non-hydrogen) atoms. The Morgan fingerprint density at radius 3 is 2.22 bits per heavy atom. The molecule has 1 aromatic carbocycles. The number of urea groups is 1. The summed E-state index contributed by atoms with van der Waals surface area (Å²) in [7, 11) is 0. The van der Waals surface area contributed by atoms with Gasteiger partial charge in [0.15, 0.2) is 0 Å². The molecule has 0 atom stereocenters. The topological polar surface area (TPSA) is 96.2 Å². The van der Waals surface area contributed by atoms with Gasteiger partial charge in [-0.15, -0.1) is 0 Å². The molecule has 0 aliphatic carbocycles. The molecule has 3 amide bonds. The Morgan fingerprint density at radius 1 is 1.00 bits per heavy atom. The maximum absolute atomic E-state index is 12.0. The van der Waals surface area contributed by atoms with Crippen LogP contribution in [0.5, 0.6) is 0 Å². The third kappa shape index (κ3) is 8.21. The summed E-state index contributed by atoms with van der Waals surface area (Å²) in [6.07, 6.45) is 4.37. The van der Waals surface area contributed by atoms with Crippen molar-refractivity contribution in [1.29, 1.82) is 0 Å². The van der Waals surface area contributed by atoms with Crippen molar-refractivity contribution in [3.05, 3.63) is 24.3 Å². The van der Waals surface area contributed by atoms with Crippen LogP contribution < -0.4 is 21.7 Å². The van der Waals surface area contributed by atoms with Gasteiger partial charge in [0.25, 0.3) is 0 Å². The van der Waals surface area contributed by atoms with E-state index in [1.165, 1.54) is 0 Å². The first-order chi connectivity index (χ1) is 11.0. The van der Waals surface area contributed by atoms with Gasteiger partial charge in [-0.1, -0.05) is 25.0 Å². The second-order valence-corrected chi connectivity index (χ2v) is 5.80. The van der Waals surface area contributed by atoms with E-state index in [0.717, 1.165) is 25.7 Å². The van der Waals surface area contributed by atoms with Crippen molar-refractivity contribution < 1.29 is 9.59 Å². The van der Waals surface area contributed by atoms with E-state index in [9.17, 15) is 9.59 Å². The predicted molar refractivity (Wildman–Crippen MR) is 94.5 cm³/mol. The lowest BCUT2D eigenvalue weighted by Gasteiger charge is -2.14. The molecule has 0 saturated carbocycles. The molecule has 6 nitrogen and oxygen atoms in total. The number of hydrogen-bond donors (Lipinski definition) is 4. The fourth-order valence-electron chi connectivity index (χ4n) is 2.12. The Kier molecular flexibility index (Phi) is 8.75. The predicted octanol–water partition coefficient (Wildman–Crippen LogP) is 3.06. The van der Waals surface area contributed by atoms with Crippen LogP contribution in [0.15, 0.2) is 24.3 Å². The molecule has 5 N–H and O–H groups in total. The van der Waals surface area contributed by atoms with Gasteiger partial charge < -0.3 is 21.7 Å². The smallest absolute Gasteiger partial charge is 0.319 e. The summed E-state index contributed by atoms with van der Waals surface area (Å²) in [5, 5.41) is 8.36. The van der Waals surface area contributed by atoms with Crippen LogP contribution >= 0.6 is 0 Å². The van der Waals surface area contributed by atoms with Gasteiger partial charge in [-0.2, -0.15) is 0 Å². The highest BCUT2D eigenvalue weighted by Crippen LogP contribution is 2.21. The summed E-state index contributed by atoms with van der Waals surface area (Å²) in [6.45, 7) is 4.47. The minimum Gasteiger partial charge on any atom is -0.336 e. The standard InChI is InChI=1S/C17H28N4O2/c1-13(2)19-17(23)21-15-10-7-6-9-14(15)20-16(22)11-5-3-4-8-12-18/h6-7,9-10,13H,3-5,8,11-12,18H2,1-2H3,(H,20,22)(H2,19,21,23). The summed E-state index contributed by atoms with van der Waals surface area (Å²) in [4.78, 5) is 23.8. The molecule has 128 valence electrons. The number of hydrogen-bond acceptors (Lipinski definition) is 3. The van der Waals surface area contributed by atoms with Crippen LogP contribution in [0, 0.1) is 0 Å². The molecule has 0 aromatic heterocycles. The molecule has 0 fully saturated rings. The van der Waals surface area contributed by atoms with E-state index in [1.54, 1.807) is 12.1 Å². The van der Waals surface area contributed by atoms with Gasteiger partial charge >= 0.3 is 6.03 Å². The number of rotatable bonds is 9. The van der Waals surface area contributed by atoms with Crippen molar-refractivity contribution in [2.24, 2.45) is 5.73 Å². The number of carbonyl (C=O) groups is 2. The molecular formula is C17H28N4O2. The van der Waals surface area contributed by atoms with Crippen LogP contribution in [0.2, 0.25) is 0 Å². The number of nitrogens with two attached hydrogens (primary N) is 1. The van der Waals surface area contributed by atoms with Crippen molar-refractivity contribution in [2.75, 3.05) is 17.2 Å². The first kappa shape index (κ1) is 19.0. The lowest BCUT2D eigenvalue weighted by molar-refractivity contribution is -0.116. The second kappa shape index (κ2) is 10.6. The van der Waals surface area contributed by atoms with E-state index in [4.69, 9.17) is 5.73 Å². The van der Waals surface area contributed by atoms with Crippen molar-refractivity contribution in [3.8, 4) is 0 Å². The quantitative estimate of drug-likeness (QED) is 0.526. The molecule has 0 heterocycles. The summed E-state index contributed by atoms with van der Waals surface area (Å²) < 4.78 is 0. The molecule has 0 unspecified atom stereocenters. The average Bonchev–Trinajstić information content (AvgIpc) is 2.48. The molecule has 0 aliphatic heterocycles. The van der Waals surface area contributed by atoms with Crippen LogP contribution in [0.4, 0.5) is 16.2 Å². The minimum atomic E-state index is -0.288. The van der Waals surface area contributed by atoms with Crippen LogP contribution in [-0.2, 0) is 4.79 Å². The second-order valence-electron chi connectivity index (χ2n) is 5.80. The molecule has 0 bridgehead atoms. The lowest BCUT2D eigenvalue weighted by Crippen LogP contribution is -2.34. The monoisotopic (exact) mass is 320 g/mol. The zero-order valence-electron chi connectivity index (χ0n) is 14.0. The number of nitrogens with one attached hydrogen (secondary N) is 3. The Labute approximate surface area is 138 Å². The number of carbonyl (C=O) groups excluding carboxylic acids is 2. The third-order valence-corrected chi connectivity index (χ3v) is 3.23. The van der Waals surface area contributed by atoms with Gasteiger partial charge in [-0.25, -0.2) is 4.79 Å². The van der Waals surface area contributed by atoms with E-state index < -0.39 is 0 Å². The zero-order valence-corrected chi connectivity index (χ0v) is 14.0. The van der Waals surface area contributed by atoms with Gasteiger partial charge in [-0.3, -0.25) is 4.79 Å². The number of para-hydroxylation sites is 2. The highest BCUT2D eigenvalue weighted by Gasteiger charge is 2.09. The van der Waals surface area contributed by atoms with E-state index in [2.05, 4.69) is 16.0 Å². The molecule has 0 spiro atoms. The minimum absolute atomic E-state index is 0.0451. The fraction of sp³-hybridized carbons (Fsp3) is 0.529. The SMILES string of the molecule is CC(C)NC(=O)Nc1ccccc1NC(=O)CCCCCCN.